The second kappa shape index (κ2) is 12.4. The van der Waals surface area contributed by atoms with Crippen LogP contribution in [0.1, 0.15) is 33.3 Å². The van der Waals surface area contributed by atoms with Gasteiger partial charge in [0, 0.05) is 18.6 Å². The minimum Gasteiger partial charge on any atom is -0.492 e. The molecule has 1 aliphatic heterocycles. The average Bonchev–Trinajstić information content (AvgIpc) is 2.83. The van der Waals surface area contributed by atoms with E-state index < -0.39 is 12.1 Å². The van der Waals surface area contributed by atoms with Crippen molar-refractivity contribution in [3.8, 4) is 17.2 Å². The first kappa shape index (κ1) is 27.0. The van der Waals surface area contributed by atoms with Crippen molar-refractivity contribution in [3.63, 3.8) is 0 Å². The van der Waals surface area contributed by atoms with E-state index in [-0.39, 0.29) is 5.54 Å². The number of para-hydroxylation sites is 4. The fraction of sp³-hybridized carbons (Fsp3) is 0.345. The second-order valence-corrected chi connectivity index (χ2v) is 9.53. The first-order valence-electron chi connectivity index (χ1n) is 12.1. The molecule has 1 heterocycles. The molecular weight excluding hydrogens is 456 g/mol. The maximum absolute atomic E-state index is 11.3. The van der Waals surface area contributed by atoms with Crippen molar-refractivity contribution in [3.05, 3.63) is 78.4 Å². The number of fused-ring (bicyclic) bond motifs is 2. The highest BCUT2D eigenvalue weighted by atomic mass is 16.5. The molecule has 0 radical (unpaired) electrons. The van der Waals surface area contributed by atoms with Crippen LogP contribution in [0.5, 0.6) is 17.2 Å². The molecule has 0 fully saturated rings. The lowest BCUT2D eigenvalue weighted by molar-refractivity contribution is -0.149. The Bertz CT molecular complexity index is 1070. The van der Waals surface area contributed by atoms with Crippen molar-refractivity contribution in [2.75, 3.05) is 24.7 Å². The molecular formula is C29H36N2O5. The van der Waals surface area contributed by atoms with Gasteiger partial charge >= 0.3 is 5.97 Å². The summed E-state index contributed by atoms with van der Waals surface area (Å²) in [6, 6.07) is 23.4. The molecule has 4 rings (SSSR count). The van der Waals surface area contributed by atoms with Gasteiger partial charge in [0.2, 0.25) is 0 Å². The second-order valence-electron chi connectivity index (χ2n) is 9.53. The number of hydrogen-bond donors (Lipinski definition) is 2. The van der Waals surface area contributed by atoms with Crippen LogP contribution in [0.15, 0.2) is 72.8 Å². The Balaban J connectivity index is 0.000000658. The SMILES string of the molecule is CC(C)(C)N.CCOC(Cc1ccc(OCCN2c3ccccc3Oc3ccccc32)cc1)C(=O)O. The number of carboxylic acids is 1. The monoisotopic (exact) mass is 492 g/mol. The summed E-state index contributed by atoms with van der Waals surface area (Å²) in [4.78, 5) is 13.5. The zero-order valence-corrected chi connectivity index (χ0v) is 21.4. The average molecular weight is 493 g/mol. The van der Waals surface area contributed by atoms with E-state index in [0.717, 1.165) is 34.2 Å². The van der Waals surface area contributed by atoms with Crippen LogP contribution in [-0.4, -0.2) is 42.5 Å². The molecule has 36 heavy (non-hydrogen) atoms. The van der Waals surface area contributed by atoms with Crippen LogP contribution < -0.4 is 20.1 Å². The van der Waals surface area contributed by atoms with Crippen LogP contribution in [-0.2, 0) is 16.0 Å². The molecule has 0 saturated carbocycles. The highest BCUT2D eigenvalue weighted by molar-refractivity contribution is 5.77. The fourth-order valence-corrected chi connectivity index (χ4v) is 3.63. The third-order valence-electron chi connectivity index (χ3n) is 5.10. The van der Waals surface area contributed by atoms with Crippen LogP contribution >= 0.6 is 0 Å². The normalized spacial score (nSPS) is 12.9. The van der Waals surface area contributed by atoms with Crippen LogP contribution in [0.25, 0.3) is 0 Å². The number of anilines is 2. The summed E-state index contributed by atoms with van der Waals surface area (Å²) in [7, 11) is 0. The van der Waals surface area contributed by atoms with E-state index in [9.17, 15) is 9.90 Å². The van der Waals surface area contributed by atoms with Crippen LogP contribution in [0.4, 0.5) is 11.4 Å². The molecule has 192 valence electrons. The summed E-state index contributed by atoms with van der Waals surface area (Å²) in [6.07, 6.45) is -0.511. The highest BCUT2D eigenvalue weighted by Crippen LogP contribution is 2.45. The lowest BCUT2D eigenvalue weighted by atomic mass is 10.1. The van der Waals surface area contributed by atoms with Gasteiger partial charge in [-0.2, -0.15) is 0 Å². The number of benzene rings is 3. The molecule has 7 heteroatoms. The molecule has 0 amide bonds. The van der Waals surface area contributed by atoms with Gasteiger partial charge in [0.05, 0.1) is 17.9 Å². The summed E-state index contributed by atoms with van der Waals surface area (Å²) in [5, 5.41) is 9.24. The number of nitrogens with two attached hydrogens (primary N) is 1. The predicted molar refractivity (Wildman–Crippen MR) is 143 cm³/mol. The van der Waals surface area contributed by atoms with E-state index in [0.29, 0.717) is 26.2 Å². The number of ether oxygens (including phenoxy) is 3. The summed E-state index contributed by atoms with van der Waals surface area (Å²) in [5.41, 5.74) is 8.27. The molecule has 0 saturated heterocycles. The van der Waals surface area contributed by atoms with Gasteiger partial charge < -0.3 is 30.0 Å². The van der Waals surface area contributed by atoms with Gasteiger partial charge in [-0.25, -0.2) is 4.79 Å². The Morgan fingerprint density at radius 3 is 2.00 bits per heavy atom. The number of hydrogen-bond acceptors (Lipinski definition) is 6. The third kappa shape index (κ3) is 8.00. The molecule has 0 aliphatic carbocycles. The van der Waals surface area contributed by atoms with E-state index in [1.54, 1.807) is 6.92 Å². The van der Waals surface area contributed by atoms with Crippen molar-refractivity contribution in [1.82, 2.24) is 0 Å². The van der Waals surface area contributed by atoms with E-state index in [1.165, 1.54) is 0 Å². The van der Waals surface area contributed by atoms with Crippen molar-refractivity contribution < 1.29 is 24.1 Å². The highest BCUT2D eigenvalue weighted by Gasteiger charge is 2.23. The first-order chi connectivity index (χ1) is 17.2. The first-order valence-corrected chi connectivity index (χ1v) is 12.1. The smallest absolute Gasteiger partial charge is 0.333 e. The van der Waals surface area contributed by atoms with Gasteiger partial charge in [-0.15, -0.1) is 0 Å². The zero-order valence-electron chi connectivity index (χ0n) is 21.4. The number of carbonyl (C=O) groups is 1. The summed E-state index contributed by atoms with van der Waals surface area (Å²) in [6.45, 7) is 9.19. The Labute approximate surface area is 213 Å². The van der Waals surface area contributed by atoms with Crippen LogP contribution in [0.3, 0.4) is 0 Å². The maximum atomic E-state index is 11.3. The lowest BCUT2D eigenvalue weighted by Gasteiger charge is -2.32. The van der Waals surface area contributed by atoms with Gasteiger partial charge in [-0.05, 0) is 69.7 Å². The molecule has 0 spiro atoms. The van der Waals surface area contributed by atoms with Crippen molar-refractivity contribution in [2.24, 2.45) is 5.73 Å². The number of nitrogens with zero attached hydrogens (tertiary/aromatic N) is 1. The van der Waals surface area contributed by atoms with Gasteiger partial charge in [0.25, 0.3) is 0 Å². The van der Waals surface area contributed by atoms with Crippen LogP contribution in [0.2, 0.25) is 0 Å². The minimum atomic E-state index is -0.951. The number of carboxylic acid groups (broad SMARTS) is 1. The molecule has 1 aliphatic rings. The molecule has 3 aromatic rings. The third-order valence-corrected chi connectivity index (χ3v) is 5.10. The summed E-state index contributed by atoms with van der Waals surface area (Å²) in [5.74, 6) is 1.44. The van der Waals surface area contributed by atoms with Crippen molar-refractivity contribution in [1.29, 1.82) is 0 Å². The summed E-state index contributed by atoms with van der Waals surface area (Å²) >= 11 is 0. The van der Waals surface area contributed by atoms with Crippen molar-refractivity contribution in [2.45, 2.75) is 45.8 Å². The zero-order chi connectivity index (χ0) is 26.1. The minimum absolute atomic E-state index is 0. The van der Waals surface area contributed by atoms with E-state index in [1.807, 2.05) is 93.6 Å². The largest absolute Gasteiger partial charge is 0.492 e. The number of rotatable bonds is 9. The molecule has 7 nitrogen and oxygen atoms in total. The molecule has 0 aromatic heterocycles. The lowest BCUT2D eigenvalue weighted by Crippen LogP contribution is -2.26. The van der Waals surface area contributed by atoms with Gasteiger partial charge in [-0.3, -0.25) is 0 Å². The van der Waals surface area contributed by atoms with Crippen molar-refractivity contribution >= 4 is 17.3 Å². The molecule has 3 aromatic carbocycles. The predicted octanol–water partition coefficient (Wildman–Crippen LogP) is 5.79. The Morgan fingerprint density at radius 1 is 0.972 bits per heavy atom. The Morgan fingerprint density at radius 2 is 1.50 bits per heavy atom. The van der Waals surface area contributed by atoms with Gasteiger partial charge in [-0.1, -0.05) is 36.4 Å². The standard InChI is InChI=1S/C25H25NO5.C4H11N/c1-2-29-24(25(27)28)17-18-11-13-19(14-12-18)30-16-15-26-20-7-3-5-9-22(20)31-23-10-6-4-8-21(23)26;1-4(2,3)5/h3-14,24H,2,15-17H2,1H3,(H,27,28);5H2,1-3H3. The molecule has 1 atom stereocenters. The van der Waals surface area contributed by atoms with E-state index in [2.05, 4.69) is 4.90 Å². The van der Waals surface area contributed by atoms with E-state index in [4.69, 9.17) is 19.9 Å². The Kier molecular flexibility index (Phi) is 9.33. The van der Waals surface area contributed by atoms with E-state index >= 15 is 0 Å². The molecule has 0 bridgehead atoms. The van der Waals surface area contributed by atoms with Gasteiger partial charge in [0.15, 0.2) is 17.6 Å². The number of aliphatic carboxylic acids is 1. The van der Waals surface area contributed by atoms with Gasteiger partial charge in [0.1, 0.15) is 12.4 Å². The summed E-state index contributed by atoms with van der Waals surface area (Å²) < 4.78 is 17.3. The quantitative estimate of drug-likeness (QED) is 0.391. The molecule has 3 N–H and O–H groups in total. The fourth-order valence-electron chi connectivity index (χ4n) is 3.63. The topological polar surface area (TPSA) is 94.3 Å². The molecule has 1 unspecified atom stereocenters. The Hall–Kier alpha value is -3.55. The van der Waals surface area contributed by atoms with Crippen LogP contribution in [0, 0.1) is 0 Å². The maximum Gasteiger partial charge on any atom is 0.333 e.